The molecular formula is C16H15N3O2. The SMILES string of the molecule is O=C(C[C@@H]1NC(=O)c2ccccc21)NCc1cccnc1. The molecular weight excluding hydrogens is 266 g/mol. The van der Waals surface area contributed by atoms with Crippen LogP contribution in [-0.2, 0) is 11.3 Å². The first-order valence-electron chi connectivity index (χ1n) is 6.79. The minimum atomic E-state index is -0.248. The Morgan fingerprint density at radius 2 is 2.10 bits per heavy atom. The van der Waals surface area contributed by atoms with Gasteiger partial charge in [-0.05, 0) is 23.3 Å². The van der Waals surface area contributed by atoms with Gasteiger partial charge in [-0.25, -0.2) is 0 Å². The van der Waals surface area contributed by atoms with Crippen molar-refractivity contribution >= 4 is 11.8 Å². The van der Waals surface area contributed by atoms with Crippen LogP contribution in [0.15, 0.2) is 48.8 Å². The lowest BCUT2D eigenvalue weighted by atomic mass is 10.0. The summed E-state index contributed by atoms with van der Waals surface area (Å²) in [4.78, 5) is 27.8. The summed E-state index contributed by atoms with van der Waals surface area (Å²) in [5.74, 6) is -0.212. The molecule has 1 aliphatic rings. The van der Waals surface area contributed by atoms with Gasteiger partial charge < -0.3 is 10.6 Å². The van der Waals surface area contributed by atoms with E-state index in [0.717, 1.165) is 11.1 Å². The first-order chi connectivity index (χ1) is 10.2. The zero-order valence-electron chi connectivity index (χ0n) is 11.4. The van der Waals surface area contributed by atoms with Crippen LogP contribution < -0.4 is 10.6 Å². The van der Waals surface area contributed by atoms with Gasteiger partial charge in [0.25, 0.3) is 5.91 Å². The van der Waals surface area contributed by atoms with Crippen LogP contribution in [0.4, 0.5) is 0 Å². The number of carbonyl (C=O) groups excluding carboxylic acids is 2. The molecule has 106 valence electrons. The lowest BCUT2D eigenvalue weighted by Gasteiger charge is -2.11. The third kappa shape index (κ3) is 2.91. The molecule has 5 nitrogen and oxygen atoms in total. The number of benzene rings is 1. The van der Waals surface area contributed by atoms with Gasteiger partial charge in [0.1, 0.15) is 0 Å². The topological polar surface area (TPSA) is 71.1 Å². The summed E-state index contributed by atoms with van der Waals surface area (Å²) < 4.78 is 0. The molecule has 0 spiro atoms. The van der Waals surface area contributed by atoms with Gasteiger partial charge in [0, 0.05) is 24.5 Å². The number of amides is 2. The van der Waals surface area contributed by atoms with Crippen LogP contribution in [0, 0.1) is 0 Å². The molecule has 1 aromatic carbocycles. The van der Waals surface area contributed by atoms with E-state index in [-0.39, 0.29) is 24.3 Å². The molecule has 5 heteroatoms. The average Bonchev–Trinajstić information content (AvgIpc) is 2.83. The summed E-state index contributed by atoms with van der Waals surface area (Å²) in [5, 5.41) is 5.68. The van der Waals surface area contributed by atoms with E-state index in [1.54, 1.807) is 18.5 Å². The van der Waals surface area contributed by atoms with Crippen LogP contribution in [0.25, 0.3) is 0 Å². The lowest BCUT2D eigenvalue weighted by Crippen LogP contribution is -2.28. The number of rotatable bonds is 4. The Balaban J connectivity index is 1.60. The lowest BCUT2D eigenvalue weighted by molar-refractivity contribution is -0.121. The summed E-state index contributed by atoms with van der Waals surface area (Å²) in [7, 11) is 0. The first-order valence-corrected chi connectivity index (χ1v) is 6.79. The van der Waals surface area contributed by atoms with Gasteiger partial charge in [0.05, 0.1) is 12.5 Å². The number of nitrogens with zero attached hydrogens (tertiary/aromatic N) is 1. The zero-order chi connectivity index (χ0) is 14.7. The van der Waals surface area contributed by atoms with Crippen molar-refractivity contribution in [3.8, 4) is 0 Å². The second-order valence-electron chi connectivity index (χ2n) is 4.96. The molecule has 1 aromatic heterocycles. The Morgan fingerprint density at radius 1 is 1.24 bits per heavy atom. The quantitative estimate of drug-likeness (QED) is 0.893. The minimum Gasteiger partial charge on any atom is -0.352 e. The van der Waals surface area contributed by atoms with Gasteiger partial charge in [0.15, 0.2) is 0 Å². The Kier molecular flexibility index (Phi) is 3.64. The molecule has 0 unspecified atom stereocenters. The van der Waals surface area contributed by atoms with Crippen molar-refractivity contribution in [1.29, 1.82) is 0 Å². The Hall–Kier alpha value is -2.69. The maximum atomic E-state index is 12.0. The van der Waals surface area contributed by atoms with Crippen LogP contribution in [0.5, 0.6) is 0 Å². The molecule has 2 N–H and O–H groups in total. The van der Waals surface area contributed by atoms with E-state index < -0.39 is 0 Å². The molecule has 0 fully saturated rings. The summed E-state index contributed by atoms with van der Waals surface area (Å²) in [6.45, 7) is 0.439. The Morgan fingerprint density at radius 3 is 2.90 bits per heavy atom. The van der Waals surface area contributed by atoms with Gasteiger partial charge >= 0.3 is 0 Å². The third-order valence-electron chi connectivity index (χ3n) is 3.49. The second-order valence-corrected chi connectivity index (χ2v) is 4.96. The molecule has 1 atom stereocenters. The predicted octanol–water partition coefficient (Wildman–Crippen LogP) is 1.57. The minimum absolute atomic E-state index is 0.0964. The summed E-state index contributed by atoms with van der Waals surface area (Å²) >= 11 is 0. The fourth-order valence-corrected chi connectivity index (χ4v) is 2.44. The van der Waals surface area contributed by atoms with E-state index in [9.17, 15) is 9.59 Å². The Bertz CT molecular complexity index is 670. The summed E-state index contributed by atoms with van der Waals surface area (Å²) in [6.07, 6.45) is 3.65. The molecule has 0 saturated carbocycles. The van der Waals surface area contributed by atoms with Crippen molar-refractivity contribution in [1.82, 2.24) is 15.6 Å². The van der Waals surface area contributed by atoms with E-state index >= 15 is 0 Å². The van der Waals surface area contributed by atoms with Crippen LogP contribution in [0.1, 0.15) is 33.9 Å². The molecule has 1 aliphatic heterocycles. The van der Waals surface area contributed by atoms with Crippen molar-refractivity contribution in [3.63, 3.8) is 0 Å². The average molecular weight is 281 g/mol. The fraction of sp³-hybridized carbons (Fsp3) is 0.188. The number of carbonyl (C=O) groups is 2. The highest BCUT2D eigenvalue weighted by Gasteiger charge is 2.29. The molecule has 2 aromatic rings. The van der Waals surface area contributed by atoms with Crippen LogP contribution in [0.3, 0.4) is 0 Å². The van der Waals surface area contributed by atoms with Crippen LogP contribution in [0.2, 0.25) is 0 Å². The van der Waals surface area contributed by atoms with E-state index in [4.69, 9.17) is 0 Å². The third-order valence-corrected chi connectivity index (χ3v) is 3.49. The number of nitrogens with one attached hydrogen (secondary N) is 2. The largest absolute Gasteiger partial charge is 0.352 e. The van der Waals surface area contributed by atoms with Gasteiger partial charge in [0.2, 0.25) is 5.91 Å². The van der Waals surface area contributed by atoms with Crippen molar-refractivity contribution in [2.24, 2.45) is 0 Å². The molecule has 0 bridgehead atoms. The number of aromatic nitrogens is 1. The maximum Gasteiger partial charge on any atom is 0.252 e. The van der Waals surface area contributed by atoms with Gasteiger partial charge in [-0.3, -0.25) is 14.6 Å². The highest BCUT2D eigenvalue weighted by Crippen LogP contribution is 2.27. The second kappa shape index (κ2) is 5.75. The Labute approximate surface area is 122 Å². The normalized spacial score (nSPS) is 16.2. The van der Waals surface area contributed by atoms with E-state index in [1.807, 2.05) is 30.3 Å². The van der Waals surface area contributed by atoms with E-state index in [0.29, 0.717) is 12.1 Å². The van der Waals surface area contributed by atoms with Crippen molar-refractivity contribution in [2.45, 2.75) is 19.0 Å². The van der Waals surface area contributed by atoms with Gasteiger partial charge in [-0.1, -0.05) is 24.3 Å². The smallest absolute Gasteiger partial charge is 0.252 e. The summed E-state index contributed by atoms with van der Waals surface area (Å²) in [5.41, 5.74) is 2.49. The van der Waals surface area contributed by atoms with E-state index in [2.05, 4.69) is 15.6 Å². The van der Waals surface area contributed by atoms with Crippen LogP contribution >= 0.6 is 0 Å². The molecule has 0 aliphatic carbocycles. The highest BCUT2D eigenvalue weighted by atomic mass is 16.2. The zero-order valence-corrected chi connectivity index (χ0v) is 11.4. The number of hydrogen-bond donors (Lipinski definition) is 2. The first kappa shape index (κ1) is 13.3. The predicted molar refractivity (Wildman–Crippen MR) is 77.3 cm³/mol. The standard InChI is InChI=1S/C16H15N3O2/c20-15(18-10-11-4-3-7-17-9-11)8-14-12-5-1-2-6-13(12)16(21)19-14/h1-7,9,14H,8,10H2,(H,18,20)(H,19,21)/t14-/m0/s1. The van der Waals surface area contributed by atoms with E-state index in [1.165, 1.54) is 0 Å². The summed E-state index contributed by atoms with van der Waals surface area (Å²) in [6, 6.07) is 10.8. The van der Waals surface area contributed by atoms with Crippen molar-refractivity contribution in [3.05, 3.63) is 65.5 Å². The maximum absolute atomic E-state index is 12.0. The van der Waals surface area contributed by atoms with Crippen molar-refractivity contribution < 1.29 is 9.59 Å². The highest BCUT2D eigenvalue weighted by molar-refractivity contribution is 5.99. The van der Waals surface area contributed by atoms with Gasteiger partial charge in [-0.15, -0.1) is 0 Å². The molecule has 21 heavy (non-hydrogen) atoms. The number of fused-ring (bicyclic) bond motifs is 1. The monoisotopic (exact) mass is 281 g/mol. The number of hydrogen-bond acceptors (Lipinski definition) is 3. The van der Waals surface area contributed by atoms with Crippen LogP contribution in [-0.4, -0.2) is 16.8 Å². The molecule has 3 rings (SSSR count). The van der Waals surface area contributed by atoms with Gasteiger partial charge in [-0.2, -0.15) is 0 Å². The van der Waals surface area contributed by atoms with Crippen molar-refractivity contribution in [2.75, 3.05) is 0 Å². The number of pyridine rings is 1. The molecule has 0 saturated heterocycles. The fourth-order valence-electron chi connectivity index (χ4n) is 2.44. The molecule has 0 radical (unpaired) electrons. The molecule has 2 amide bonds. The molecule has 2 heterocycles.